The summed E-state index contributed by atoms with van der Waals surface area (Å²) in [5.74, 6) is 0.641. The van der Waals surface area contributed by atoms with Crippen molar-refractivity contribution in [2.45, 2.75) is 34.6 Å². The fourth-order valence-electron chi connectivity index (χ4n) is 1.58. The summed E-state index contributed by atoms with van der Waals surface area (Å²) in [5, 5.41) is 3.49. The SMILES string of the molecule is Cc1cc(NCC(C)(C)C(C)C)ccc1C(N)=S. The standard InChI is InChI=1S/C15H24N2S/c1-10(2)15(4,5)9-17-12-6-7-13(14(16)18)11(3)8-12/h6-8,10,17H,9H2,1-5H3,(H2,16,18). The molecule has 1 rings (SSSR count). The van der Waals surface area contributed by atoms with E-state index >= 15 is 0 Å². The van der Waals surface area contributed by atoms with Crippen LogP contribution in [0.1, 0.15) is 38.8 Å². The highest BCUT2D eigenvalue weighted by atomic mass is 32.1. The van der Waals surface area contributed by atoms with Crippen LogP contribution in [0.2, 0.25) is 0 Å². The van der Waals surface area contributed by atoms with E-state index in [1.54, 1.807) is 0 Å². The normalized spacial score (nSPS) is 11.7. The molecule has 1 aromatic carbocycles. The summed E-state index contributed by atoms with van der Waals surface area (Å²) >= 11 is 5.01. The monoisotopic (exact) mass is 264 g/mol. The second kappa shape index (κ2) is 5.70. The third-order valence-electron chi connectivity index (χ3n) is 3.80. The zero-order valence-electron chi connectivity index (χ0n) is 12.0. The molecule has 1 aromatic rings. The number of anilines is 1. The number of nitrogens with two attached hydrogens (primary N) is 1. The van der Waals surface area contributed by atoms with Crippen LogP contribution in [0, 0.1) is 18.3 Å². The molecule has 0 aliphatic heterocycles. The lowest BCUT2D eigenvalue weighted by Crippen LogP contribution is -2.28. The van der Waals surface area contributed by atoms with E-state index in [0.717, 1.165) is 23.4 Å². The Kier molecular flexibility index (Phi) is 4.74. The van der Waals surface area contributed by atoms with E-state index in [4.69, 9.17) is 18.0 Å². The van der Waals surface area contributed by atoms with Gasteiger partial charge < -0.3 is 11.1 Å². The van der Waals surface area contributed by atoms with Crippen LogP contribution in [0.15, 0.2) is 18.2 Å². The van der Waals surface area contributed by atoms with Crippen molar-refractivity contribution in [1.82, 2.24) is 0 Å². The van der Waals surface area contributed by atoms with Crippen LogP contribution in [-0.4, -0.2) is 11.5 Å². The molecule has 0 unspecified atom stereocenters. The number of rotatable bonds is 5. The zero-order chi connectivity index (χ0) is 13.9. The van der Waals surface area contributed by atoms with E-state index < -0.39 is 0 Å². The predicted octanol–water partition coefficient (Wildman–Crippen LogP) is 3.72. The topological polar surface area (TPSA) is 38.0 Å². The van der Waals surface area contributed by atoms with Crippen LogP contribution in [0.5, 0.6) is 0 Å². The molecule has 100 valence electrons. The number of nitrogens with one attached hydrogen (secondary N) is 1. The van der Waals surface area contributed by atoms with Gasteiger partial charge in [0.1, 0.15) is 4.99 Å². The van der Waals surface area contributed by atoms with Crippen LogP contribution in [-0.2, 0) is 0 Å². The molecule has 0 saturated heterocycles. The Hall–Kier alpha value is -1.09. The fraction of sp³-hybridized carbons (Fsp3) is 0.533. The van der Waals surface area contributed by atoms with Gasteiger partial charge in [0.25, 0.3) is 0 Å². The van der Waals surface area contributed by atoms with Gasteiger partial charge in [0, 0.05) is 17.8 Å². The molecule has 0 aliphatic rings. The Labute approximate surface area is 116 Å². The Balaban J connectivity index is 2.76. The highest BCUT2D eigenvalue weighted by Gasteiger charge is 2.21. The molecule has 0 aliphatic carbocycles. The zero-order valence-corrected chi connectivity index (χ0v) is 12.8. The summed E-state index contributed by atoms with van der Waals surface area (Å²) in [6.07, 6.45) is 0. The Morgan fingerprint density at radius 1 is 1.39 bits per heavy atom. The van der Waals surface area contributed by atoms with Crippen LogP contribution >= 0.6 is 12.2 Å². The number of aryl methyl sites for hydroxylation is 1. The molecule has 0 amide bonds. The van der Waals surface area contributed by atoms with E-state index in [0.29, 0.717) is 10.9 Å². The average Bonchev–Trinajstić information content (AvgIpc) is 2.25. The Morgan fingerprint density at radius 2 is 2.00 bits per heavy atom. The highest BCUT2D eigenvalue weighted by Crippen LogP contribution is 2.26. The molecule has 18 heavy (non-hydrogen) atoms. The first kappa shape index (κ1) is 15.0. The quantitative estimate of drug-likeness (QED) is 0.796. The molecular formula is C15H24N2S. The lowest BCUT2D eigenvalue weighted by atomic mass is 9.81. The minimum absolute atomic E-state index is 0.274. The molecule has 0 fully saturated rings. The second-order valence-corrected chi connectivity index (χ2v) is 6.33. The largest absolute Gasteiger partial charge is 0.389 e. The maximum atomic E-state index is 5.66. The minimum atomic E-state index is 0.274. The van der Waals surface area contributed by atoms with Crippen molar-refractivity contribution < 1.29 is 0 Å². The first-order valence-corrected chi connectivity index (χ1v) is 6.79. The summed E-state index contributed by atoms with van der Waals surface area (Å²) in [5.41, 5.74) is 9.14. The molecule has 0 radical (unpaired) electrons. The van der Waals surface area contributed by atoms with Crippen molar-refractivity contribution in [1.29, 1.82) is 0 Å². The maximum absolute atomic E-state index is 5.66. The molecule has 2 nitrogen and oxygen atoms in total. The van der Waals surface area contributed by atoms with Gasteiger partial charge in [-0.1, -0.05) is 39.9 Å². The predicted molar refractivity (Wildman–Crippen MR) is 84.2 cm³/mol. The van der Waals surface area contributed by atoms with E-state index in [9.17, 15) is 0 Å². The van der Waals surface area contributed by atoms with Gasteiger partial charge in [-0.3, -0.25) is 0 Å². The summed E-state index contributed by atoms with van der Waals surface area (Å²) < 4.78 is 0. The lowest BCUT2D eigenvalue weighted by Gasteiger charge is -2.30. The van der Waals surface area contributed by atoms with Crippen molar-refractivity contribution in [2.24, 2.45) is 17.1 Å². The summed E-state index contributed by atoms with van der Waals surface area (Å²) in [6.45, 7) is 12.1. The van der Waals surface area contributed by atoms with E-state index in [1.807, 2.05) is 19.1 Å². The van der Waals surface area contributed by atoms with Gasteiger partial charge in [-0.05, 0) is 42.0 Å². The molecule has 3 N–H and O–H groups in total. The first-order chi connectivity index (χ1) is 8.24. The smallest absolute Gasteiger partial charge is 0.104 e. The van der Waals surface area contributed by atoms with Crippen molar-refractivity contribution in [3.63, 3.8) is 0 Å². The fourth-order valence-corrected chi connectivity index (χ4v) is 1.81. The van der Waals surface area contributed by atoms with Gasteiger partial charge >= 0.3 is 0 Å². The Morgan fingerprint density at radius 3 is 2.44 bits per heavy atom. The highest BCUT2D eigenvalue weighted by molar-refractivity contribution is 7.80. The van der Waals surface area contributed by atoms with Crippen LogP contribution in [0.25, 0.3) is 0 Å². The summed E-state index contributed by atoms with van der Waals surface area (Å²) in [6, 6.07) is 6.13. The molecule has 0 bridgehead atoms. The molecule has 0 spiro atoms. The molecule has 0 aromatic heterocycles. The molecule has 0 atom stereocenters. The number of hydrogen-bond donors (Lipinski definition) is 2. The maximum Gasteiger partial charge on any atom is 0.104 e. The van der Waals surface area contributed by atoms with E-state index in [2.05, 4.69) is 39.1 Å². The molecule has 0 heterocycles. The van der Waals surface area contributed by atoms with E-state index in [-0.39, 0.29) is 5.41 Å². The number of thiocarbonyl (C=S) groups is 1. The summed E-state index contributed by atoms with van der Waals surface area (Å²) in [4.78, 5) is 0.460. The number of benzene rings is 1. The lowest BCUT2D eigenvalue weighted by molar-refractivity contribution is 0.269. The van der Waals surface area contributed by atoms with Gasteiger partial charge in [-0.2, -0.15) is 0 Å². The molecular weight excluding hydrogens is 240 g/mol. The van der Waals surface area contributed by atoms with Crippen LogP contribution < -0.4 is 11.1 Å². The first-order valence-electron chi connectivity index (χ1n) is 6.38. The minimum Gasteiger partial charge on any atom is -0.389 e. The van der Waals surface area contributed by atoms with Crippen LogP contribution in [0.4, 0.5) is 5.69 Å². The van der Waals surface area contributed by atoms with Gasteiger partial charge in [0.15, 0.2) is 0 Å². The van der Waals surface area contributed by atoms with Gasteiger partial charge in [-0.15, -0.1) is 0 Å². The van der Waals surface area contributed by atoms with Gasteiger partial charge in [0.2, 0.25) is 0 Å². The van der Waals surface area contributed by atoms with Crippen LogP contribution in [0.3, 0.4) is 0 Å². The van der Waals surface area contributed by atoms with Gasteiger partial charge in [-0.25, -0.2) is 0 Å². The third kappa shape index (κ3) is 3.70. The average molecular weight is 264 g/mol. The van der Waals surface area contributed by atoms with Crippen molar-refractivity contribution >= 4 is 22.9 Å². The summed E-state index contributed by atoms with van der Waals surface area (Å²) in [7, 11) is 0. The van der Waals surface area contributed by atoms with Crippen molar-refractivity contribution in [3.8, 4) is 0 Å². The third-order valence-corrected chi connectivity index (χ3v) is 4.02. The Bertz CT molecular complexity index is 436. The molecule has 0 saturated carbocycles. The van der Waals surface area contributed by atoms with Crippen molar-refractivity contribution in [3.05, 3.63) is 29.3 Å². The van der Waals surface area contributed by atoms with Gasteiger partial charge in [0.05, 0.1) is 0 Å². The number of hydrogen-bond acceptors (Lipinski definition) is 2. The molecule has 3 heteroatoms. The van der Waals surface area contributed by atoms with E-state index in [1.165, 1.54) is 0 Å². The van der Waals surface area contributed by atoms with Crippen molar-refractivity contribution in [2.75, 3.05) is 11.9 Å². The second-order valence-electron chi connectivity index (χ2n) is 5.89.